The van der Waals surface area contributed by atoms with E-state index in [-0.39, 0.29) is 0 Å². The lowest BCUT2D eigenvalue weighted by Gasteiger charge is -1.79. The zero-order valence-corrected chi connectivity index (χ0v) is 2.62. The lowest BCUT2D eigenvalue weighted by Crippen LogP contribution is -1.98. The van der Waals surface area contributed by atoms with E-state index in [0.29, 0.717) is 6.61 Å². The molecule has 2 nitrogen and oxygen atoms in total. The average molecular weight is 69.1 g/mol. The SMILES string of the molecule is C1#CNOC1. The zero-order valence-electron chi connectivity index (χ0n) is 2.62. The van der Waals surface area contributed by atoms with Crippen molar-refractivity contribution in [2.24, 2.45) is 0 Å². The largest absolute Gasteiger partial charge is 0.255 e. The molecule has 1 N–H and O–H groups in total. The van der Waals surface area contributed by atoms with Crippen molar-refractivity contribution in [2.45, 2.75) is 0 Å². The van der Waals surface area contributed by atoms with Gasteiger partial charge in [-0.1, -0.05) is 0 Å². The third kappa shape index (κ3) is 0.310. The quantitative estimate of drug-likeness (QED) is 0.386. The van der Waals surface area contributed by atoms with Crippen LogP contribution in [0, 0.1) is 12.0 Å². The van der Waals surface area contributed by atoms with E-state index in [1.54, 1.807) is 0 Å². The van der Waals surface area contributed by atoms with Crippen molar-refractivity contribution < 1.29 is 4.84 Å². The third-order valence-corrected chi connectivity index (χ3v) is 0.356. The summed E-state index contributed by atoms with van der Waals surface area (Å²) in [4.78, 5) is 4.47. The molecule has 0 saturated carbocycles. The van der Waals surface area contributed by atoms with E-state index >= 15 is 0 Å². The summed E-state index contributed by atoms with van der Waals surface area (Å²) in [5, 5.41) is 0. The molecule has 0 aromatic rings. The van der Waals surface area contributed by atoms with Crippen LogP contribution in [0.5, 0.6) is 0 Å². The fourth-order valence-corrected chi connectivity index (χ4v) is 0.180. The smallest absolute Gasteiger partial charge is 0.138 e. The normalized spacial score (nSPS) is 16.0. The molecule has 0 amide bonds. The van der Waals surface area contributed by atoms with Gasteiger partial charge in [0.1, 0.15) is 6.61 Å². The second kappa shape index (κ2) is 0.958. The van der Waals surface area contributed by atoms with E-state index in [9.17, 15) is 0 Å². The molecule has 1 heterocycles. The Morgan fingerprint density at radius 2 is 2.80 bits per heavy atom. The van der Waals surface area contributed by atoms with Crippen molar-refractivity contribution in [3.05, 3.63) is 0 Å². The van der Waals surface area contributed by atoms with E-state index in [0.717, 1.165) is 0 Å². The predicted octanol–water partition coefficient (Wildman–Crippen LogP) is -0.518. The Hall–Kier alpha value is -0.680. The van der Waals surface area contributed by atoms with Crippen LogP contribution in [0.15, 0.2) is 0 Å². The van der Waals surface area contributed by atoms with Gasteiger partial charge in [0.15, 0.2) is 0 Å². The first kappa shape index (κ1) is 2.55. The number of hydrogen-bond acceptors (Lipinski definition) is 2. The molecule has 1 aliphatic heterocycles. The number of nitrogens with one attached hydrogen (secondary N) is 1. The van der Waals surface area contributed by atoms with Crippen LogP contribution in [0.1, 0.15) is 0 Å². The van der Waals surface area contributed by atoms with Crippen LogP contribution in [0.3, 0.4) is 0 Å². The predicted molar refractivity (Wildman–Crippen MR) is 16.9 cm³/mol. The Bertz CT molecular complexity index is 70.6. The van der Waals surface area contributed by atoms with Gasteiger partial charge in [-0.2, -0.15) is 0 Å². The van der Waals surface area contributed by atoms with Gasteiger partial charge in [0, 0.05) is 6.04 Å². The first-order valence-corrected chi connectivity index (χ1v) is 1.35. The van der Waals surface area contributed by atoms with Crippen LogP contribution in [0.4, 0.5) is 0 Å². The van der Waals surface area contributed by atoms with Crippen LogP contribution in [-0.4, -0.2) is 6.61 Å². The molecule has 0 saturated heterocycles. The van der Waals surface area contributed by atoms with Gasteiger partial charge in [0.05, 0.1) is 0 Å². The fourth-order valence-electron chi connectivity index (χ4n) is 0.180. The first-order valence-electron chi connectivity index (χ1n) is 1.35. The van der Waals surface area contributed by atoms with Gasteiger partial charge < -0.3 is 0 Å². The highest BCUT2D eigenvalue weighted by atomic mass is 16.6. The van der Waals surface area contributed by atoms with Crippen molar-refractivity contribution in [1.82, 2.24) is 5.48 Å². The molecule has 1 aliphatic rings. The molecule has 1 rings (SSSR count). The lowest BCUT2D eigenvalue weighted by atomic mass is 10.8. The molecule has 0 aromatic heterocycles. The van der Waals surface area contributed by atoms with Gasteiger partial charge >= 0.3 is 0 Å². The molecule has 0 radical (unpaired) electrons. The summed E-state index contributed by atoms with van der Waals surface area (Å²) in [5.74, 6) is 2.64. The molecule has 0 unspecified atom stereocenters. The molecule has 26 valence electrons. The first-order chi connectivity index (χ1) is 2.50. The van der Waals surface area contributed by atoms with Crippen molar-refractivity contribution in [3.63, 3.8) is 0 Å². The van der Waals surface area contributed by atoms with Gasteiger partial charge in [-0.3, -0.25) is 4.84 Å². The molecular formula is C3H3NO. The van der Waals surface area contributed by atoms with E-state index in [1.165, 1.54) is 0 Å². The summed E-state index contributed by atoms with van der Waals surface area (Å²) in [6, 6.07) is 2.50. The summed E-state index contributed by atoms with van der Waals surface area (Å²) >= 11 is 0. The summed E-state index contributed by atoms with van der Waals surface area (Å²) in [7, 11) is 0. The molecule has 0 aliphatic carbocycles. The maximum Gasteiger partial charge on any atom is 0.138 e. The second-order valence-electron chi connectivity index (χ2n) is 0.693. The molecule has 5 heavy (non-hydrogen) atoms. The monoisotopic (exact) mass is 69.0 g/mol. The van der Waals surface area contributed by atoms with Crippen molar-refractivity contribution >= 4 is 0 Å². The second-order valence-corrected chi connectivity index (χ2v) is 0.693. The van der Waals surface area contributed by atoms with E-state index in [1.807, 2.05) is 0 Å². The topological polar surface area (TPSA) is 21.3 Å². The minimum atomic E-state index is 0.528. The Labute approximate surface area is 30.1 Å². The number of hydrogen-bond donors (Lipinski definition) is 1. The van der Waals surface area contributed by atoms with E-state index < -0.39 is 0 Å². The highest BCUT2D eigenvalue weighted by Crippen LogP contribution is 1.66. The maximum atomic E-state index is 4.47. The Kier molecular flexibility index (Phi) is 0.489. The molecule has 0 aromatic carbocycles. The van der Waals surface area contributed by atoms with Crippen LogP contribution >= 0.6 is 0 Å². The van der Waals surface area contributed by atoms with Gasteiger partial charge in [-0.15, -0.1) is 0 Å². The average Bonchev–Trinajstić information content (AvgIpc) is 1.76. The van der Waals surface area contributed by atoms with Crippen molar-refractivity contribution in [3.8, 4) is 12.0 Å². The van der Waals surface area contributed by atoms with Crippen molar-refractivity contribution in [2.75, 3.05) is 6.61 Å². The number of hydroxylamine groups is 1. The van der Waals surface area contributed by atoms with Gasteiger partial charge in [-0.25, -0.2) is 5.48 Å². The van der Waals surface area contributed by atoms with Crippen LogP contribution < -0.4 is 5.48 Å². The number of rotatable bonds is 0. The Morgan fingerprint density at radius 3 is 3.00 bits per heavy atom. The summed E-state index contributed by atoms with van der Waals surface area (Å²) in [6.45, 7) is 0.528. The zero-order chi connectivity index (χ0) is 3.54. The van der Waals surface area contributed by atoms with E-state index in [4.69, 9.17) is 0 Å². The maximum absolute atomic E-state index is 4.47. The standard InChI is InChI=1S/C3H3NO/c1-2-4-5-3-1/h4H,3H2. The van der Waals surface area contributed by atoms with E-state index in [2.05, 4.69) is 22.3 Å². The Morgan fingerprint density at radius 1 is 1.80 bits per heavy atom. The van der Waals surface area contributed by atoms with Crippen LogP contribution in [-0.2, 0) is 4.84 Å². The minimum absolute atomic E-state index is 0.528. The highest BCUT2D eigenvalue weighted by Gasteiger charge is 1.79. The Balaban J connectivity index is 2.42. The molecule has 0 bridgehead atoms. The lowest BCUT2D eigenvalue weighted by molar-refractivity contribution is 0.120. The summed E-state index contributed by atoms with van der Waals surface area (Å²) in [6.07, 6.45) is 0. The fraction of sp³-hybridized carbons (Fsp3) is 0.333. The third-order valence-electron chi connectivity index (χ3n) is 0.356. The summed E-state index contributed by atoms with van der Waals surface area (Å²) in [5.41, 5.74) is 2.36. The van der Waals surface area contributed by atoms with Crippen LogP contribution in [0.2, 0.25) is 0 Å². The molecule has 0 fully saturated rings. The van der Waals surface area contributed by atoms with Gasteiger partial charge in [0.2, 0.25) is 0 Å². The van der Waals surface area contributed by atoms with Gasteiger partial charge in [0.25, 0.3) is 0 Å². The highest BCUT2D eigenvalue weighted by molar-refractivity contribution is 4.98. The van der Waals surface area contributed by atoms with Gasteiger partial charge in [-0.05, 0) is 5.92 Å². The van der Waals surface area contributed by atoms with Crippen LogP contribution in [0.25, 0.3) is 0 Å². The molecule has 0 atom stereocenters. The minimum Gasteiger partial charge on any atom is -0.255 e. The summed E-state index contributed by atoms with van der Waals surface area (Å²) < 4.78 is 0. The molecular weight excluding hydrogens is 66.0 g/mol. The van der Waals surface area contributed by atoms with Crippen molar-refractivity contribution in [1.29, 1.82) is 0 Å². The molecule has 0 spiro atoms. The molecule has 2 heteroatoms.